The van der Waals surface area contributed by atoms with Crippen LogP contribution in [0.1, 0.15) is 27.2 Å². The predicted octanol–water partition coefficient (Wildman–Crippen LogP) is 1.25. The molecule has 0 aliphatic rings. The Morgan fingerprint density at radius 3 is 2.54 bits per heavy atom. The summed E-state index contributed by atoms with van der Waals surface area (Å²) in [6, 6.07) is 0. The van der Waals surface area contributed by atoms with E-state index in [4.69, 9.17) is 22.1 Å². The molecule has 0 aliphatic carbocycles. The number of halogens is 1. The minimum absolute atomic E-state index is 0.0255. The maximum Gasteiger partial charge on any atom is 0.318 e. The molecule has 0 saturated carbocycles. The van der Waals surface area contributed by atoms with Crippen molar-refractivity contribution in [3.8, 4) is 11.8 Å². The van der Waals surface area contributed by atoms with Gasteiger partial charge in [-0.25, -0.2) is 0 Å². The monoisotopic (exact) mass is 203 g/mol. The third-order valence-electron chi connectivity index (χ3n) is 0.893. The second-order valence-corrected chi connectivity index (χ2v) is 3.96. The molecule has 0 aromatic heterocycles. The van der Waals surface area contributed by atoms with E-state index in [1.54, 1.807) is 20.8 Å². The van der Waals surface area contributed by atoms with Crippen molar-refractivity contribution in [1.82, 2.24) is 0 Å². The fourth-order valence-electron chi connectivity index (χ4n) is 0.598. The van der Waals surface area contributed by atoms with Gasteiger partial charge in [0.2, 0.25) is 0 Å². The van der Waals surface area contributed by atoms with Gasteiger partial charge in [0.05, 0.1) is 0 Å². The highest BCUT2D eigenvalue weighted by Gasteiger charge is 2.14. The fourth-order valence-corrected chi connectivity index (χ4v) is 0.675. The van der Waals surface area contributed by atoms with Gasteiger partial charge in [-0.3, -0.25) is 4.79 Å². The molecule has 0 radical (unpaired) electrons. The Morgan fingerprint density at radius 1 is 1.62 bits per heavy atom. The van der Waals surface area contributed by atoms with Crippen LogP contribution in [0.3, 0.4) is 0 Å². The molecule has 1 unspecified atom stereocenters. The first-order chi connectivity index (χ1) is 5.81. The van der Waals surface area contributed by atoms with Gasteiger partial charge >= 0.3 is 5.97 Å². The molecule has 74 valence electrons. The molecule has 0 rings (SSSR count). The maximum atomic E-state index is 11.0. The van der Waals surface area contributed by atoms with E-state index in [9.17, 15) is 4.79 Å². The van der Waals surface area contributed by atoms with Gasteiger partial charge in [-0.05, 0) is 20.8 Å². The molecular formula is C9H14ClNO2. The molecule has 1 atom stereocenters. The molecule has 0 saturated heterocycles. The highest BCUT2D eigenvalue weighted by atomic mass is 35.5. The van der Waals surface area contributed by atoms with Crippen LogP contribution in [-0.4, -0.2) is 17.1 Å². The lowest BCUT2D eigenvalue weighted by molar-refractivity contribution is -0.153. The van der Waals surface area contributed by atoms with Crippen LogP contribution in [0.15, 0.2) is 0 Å². The summed E-state index contributed by atoms with van der Waals surface area (Å²) >= 11 is 5.35. The summed E-state index contributed by atoms with van der Waals surface area (Å²) in [5, 5.41) is 0. The van der Waals surface area contributed by atoms with E-state index in [-0.39, 0.29) is 12.4 Å². The number of carbonyl (C=O) groups is 1. The SMILES string of the molecule is CC(C)(C)OC(=O)CC#CC(N)Cl. The van der Waals surface area contributed by atoms with Gasteiger partial charge < -0.3 is 10.5 Å². The van der Waals surface area contributed by atoms with Crippen LogP contribution in [0.2, 0.25) is 0 Å². The molecule has 0 aliphatic heterocycles. The topological polar surface area (TPSA) is 52.3 Å². The smallest absolute Gasteiger partial charge is 0.318 e. The van der Waals surface area contributed by atoms with Gasteiger partial charge in [-0.1, -0.05) is 23.4 Å². The average molecular weight is 204 g/mol. The molecule has 0 spiro atoms. The zero-order chi connectivity index (χ0) is 10.5. The van der Waals surface area contributed by atoms with E-state index in [0.717, 1.165) is 0 Å². The number of esters is 1. The molecular weight excluding hydrogens is 190 g/mol. The minimum atomic E-state index is -0.720. The number of alkyl halides is 1. The van der Waals surface area contributed by atoms with Crippen molar-refractivity contribution in [2.75, 3.05) is 0 Å². The van der Waals surface area contributed by atoms with Crippen molar-refractivity contribution in [2.45, 2.75) is 38.3 Å². The fraction of sp³-hybridized carbons (Fsp3) is 0.667. The first-order valence-electron chi connectivity index (χ1n) is 3.91. The third kappa shape index (κ3) is 9.19. The summed E-state index contributed by atoms with van der Waals surface area (Å²) in [6.07, 6.45) is 0.0255. The molecule has 0 fully saturated rings. The molecule has 0 aromatic carbocycles. The van der Waals surface area contributed by atoms with Gasteiger partial charge in [0.25, 0.3) is 0 Å². The van der Waals surface area contributed by atoms with Crippen molar-refractivity contribution in [3.05, 3.63) is 0 Å². The van der Waals surface area contributed by atoms with E-state index < -0.39 is 11.1 Å². The molecule has 4 heteroatoms. The Labute approximate surface area is 83.6 Å². The average Bonchev–Trinajstić information content (AvgIpc) is 1.81. The lowest BCUT2D eigenvalue weighted by Crippen LogP contribution is -2.23. The van der Waals surface area contributed by atoms with Crippen LogP contribution in [0.25, 0.3) is 0 Å². The Kier molecular flexibility index (Phi) is 4.82. The van der Waals surface area contributed by atoms with Gasteiger partial charge in [0, 0.05) is 0 Å². The molecule has 13 heavy (non-hydrogen) atoms. The van der Waals surface area contributed by atoms with E-state index in [2.05, 4.69) is 11.8 Å². The molecule has 2 N–H and O–H groups in total. The number of carbonyl (C=O) groups excluding carboxylic acids is 1. The lowest BCUT2D eigenvalue weighted by Gasteiger charge is -2.18. The number of hydrogen-bond acceptors (Lipinski definition) is 3. The molecule has 0 amide bonds. The zero-order valence-corrected chi connectivity index (χ0v) is 8.81. The van der Waals surface area contributed by atoms with Crippen molar-refractivity contribution in [3.63, 3.8) is 0 Å². The quantitative estimate of drug-likeness (QED) is 0.302. The van der Waals surface area contributed by atoms with E-state index in [1.165, 1.54) is 0 Å². The third-order valence-corrected chi connectivity index (χ3v) is 1.00. The van der Waals surface area contributed by atoms with E-state index >= 15 is 0 Å². The van der Waals surface area contributed by atoms with Crippen molar-refractivity contribution in [2.24, 2.45) is 5.73 Å². The maximum absolute atomic E-state index is 11.0. The van der Waals surface area contributed by atoms with Crippen molar-refractivity contribution in [1.29, 1.82) is 0 Å². The molecule has 3 nitrogen and oxygen atoms in total. The summed E-state index contributed by atoms with van der Waals surface area (Å²) in [5.74, 6) is 4.62. The first kappa shape index (κ1) is 12.3. The van der Waals surface area contributed by atoms with Crippen LogP contribution < -0.4 is 5.73 Å². The predicted molar refractivity (Wildman–Crippen MR) is 52.1 cm³/mol. The van der Waals surface area contributed by atoms with Crippen molar-refractivity contribution >= 4 is 17.6 Å². The number of ether oxygens (including phenoxy) is 1. The highest BCUT2D eigenvalue weighted by molar-refractivity contribution is 6.22. The normalized spacial score (nSPS) is 12.7. The van der Waals surface area contributed by atoms with Gasteiger partial charge in [0.15, 0.2) is 0 Å². The van der Waals surface area contributed by atoms with Crippen LogP contribution in [0, 0.1) is 11.8 Å². The number of nitrogens with two attached hydrogens (primary N) is 1. The molecule has 0 heterocycles. The Hall–Kier alpha value is -0.720. The first-order valence-corrected chi connectivity index (χ1v) is 4.35. The number of rotatable bonds is 1. The summed E-state index contributed by atoms with van der Waals surface area (Å²) < 4.78 is 4.99. The largest absolute Gasteiger partial charge is 0.459 e. The van der Waals surface area contributed by atoms with Gasteiger partial charge in [0.1, 0.15) is 17.5 Å². The Bertz CT molecular complexity index is 232. The van der Waals surface area contributed by atoms with E-state index in [1.807, 2.05) is 0 Å². The minimum Gasteiger partial charge on any atom is -0.459 e. The van der Waals surface area contributed by atoms with Gasteiger partial charge in [-0.15, -0.1) is 0 Å². The van der Waals surface area contributed by atoms with Crippen LogP contribution >= 0.6 is 11.6 Å². The molecule has 0 aromatic rings. The van der Waals surface area contributed by atoms with Crippen LogP contribution in [0.4, 0.5) is 0 Å². The summed E-state index contributed by atoms with van der Waals surface area (Å²) in [7, 11) is 0. The van der Waals surface area contributed by atoms with Crippen LogP contribution in [0.5, 0.6) is 0 Å². The highest BCUT2D eigenvalue weighted by Crippen LogP contribution is 2.07. The van der Waals surface area contributed by atoms with Crippen LogP contribution in [-0.2, 0) is 9.53 Å². The second kappa shape index (κ2) is 5.11. The van der Waals surface area contributed by atoms with Gasteiger partial charge in [-0.2, -0.15) is 0 Å². The lowest BCUT2D eigenvalue weighted by atomic mass is 10.2. The van der Waals surface area contributed by atoms with E-state index in [0.29, 0.717) is 0 Å². The molecule has 0 bridgehead atoms. The Balaban J connectivity index is 3.86. The standard InChI is InChI=1S/C9H14ClNO2/c1-9(2,3)13-8(12)6-4-5-7(10)11/h7H,6,11H2,1-3H3. The summed E-state index contributed by atoms with van der Waals surface area (Å²) in [4.78, 5) is 11.0. The number of hydrogen-bond donors (Lipinski definition) is 1. The Morgan fingerprint density at radius 2 is 2.15 bits per heavy atom. The second-order valence-electron chi connectivity index (χ2n) is 3.49. The summed E-state index contributed by atoms with van der Waals surface area (Å²) in [5.41, 5.74) is 3.96. The van der Waals surface area contributed by atoms with Crippen molar-refractivity contribution < 1.29 is 9.53 Å². The summed E-state index contributed by atoms with van der Waals surface area (Å²) in [6.45, 7) is 5.39. The zero-order valence-electron chi connectivity index (χ0n) is 8.06.